The van der Waals surface area contributed by atoms with E-state index >= 15 is 8.78 Å². The van der Waals surface area contributed by atoms with E-state index in [1.165, 1.54) is 36.4 Å². The highest BCUT2D eigenvalue weighted by Gasteiger charge is 2.43. The Balaban J connectivity index is 1.31. The summed E-state index contributed by atoms with van der Waals surface area (Å²) in [6.07, 6.45) is 2.08. The van der Waals surface area contributed by atoms with Gasteiger partial charge in [-0.3, -0.25) is 4.79 Å². The molecule has 3 aromatic rings. The minimum absolute atomic E-state index is 0.0267. The number of rotatable bonds is 10. The smallest absolute Gasteiger partial charge is 0.349 e. The Morgan fingerprint density at radius 3 is 2.26 bits per heavy atom. The highest BCUT2D eigenvalue weighted by Crippen LogP contribution is 2.34. The van der Waals surface area contributed by atoms with Crippen LogP contribution in [-0.2, 0) is 15.5 Å². The van der Waals surface area contributed by atoms with Crippen LogP contribution in [0.25, 0.3) is 11.1 Å². The van der Waals surface area contributed by atoms with Crippen molar-refractivity contribution in [2.75, 3.05) is 32.8 Å². The number of carbonyl (C=O) groups excluding carboxylic acids is 1. The van der Waals surface area contributed by atoms with Crippen LogP contribution in [0.4, 0.5) is 13.2 Å². The molecular weight excluding hydrogens is 569 g/mol. The molecule has 0 saturated carbocycles. The molecule has 2 saturated heterocycles. The van der Waals surface area contributed by atoms with Crippen LogP contribution in [0.5, 0.6) is 5.75 Å². The molecule has 2 aliphatic heterocycles. The van der Waals surface area contributed by atoms with Gasteiger partial charge in [-0.05, 0) is 66.9 Å². The quantitative estimate of drug-likeness (QED) is 0.293. The second-order valence-electron chi connectivity index (χ2n) is 10.8. The fourth-order valence-electron chi connectivity index (χ4n) is 5.37. The molecule has 42 heavy (non-hydrogen) atoms. The fourth-order valence-corrected chi connectivity index (χ4v) is 5.61. The Morgan fingerprint density at radius 1 is 1.02 bits per heavy atom. The molecule has 224 valence electrons. The van der Waals surface area contributed by atoms with Gasteiger partial charge in [-0.2, -0.15) is 8.78 Å². The van der Waals surface area contributed by atoms with Crippen LogP contribution in [0.15, 0.2) is 66.7 Å². The lowest BCUT2D eigenvalue weighted by Crippen LogP contribution is -2.50. The van der Waals surface area contributed by atoms with Crippen molar-refractivity contribution in [3.8, 4) is 16.9 Å². The maximum atomic E-state index is 15.4. The molecule has 0 spiro atoms. The molecule has 2 N–H and O–H groups in total. The van der Waals surface area contributed by atoms with Crippen LogP contribution in [0.1, 0.15) is 42.9 Å². The number of nitrogens with zero attached hydrogens (tertiary/aromatic N) is 1. The largest absolute Gasteiger partial charge is 0.489 e. The summed E-state index contributed by atoms with van der Waals surface area (Å²) in [5, 5.41) is 14.0. The monoisotopic (exact) mass is 602 g/mol. The summed E-state index contributed by atoms with van der Waals surface area (Å²) in [5.41, 5.74) is 1.17. The van der Waals surface area contributed by atoms with Crippen molar-refractivity contribution in [2.24, 2.45) is 0 Å². The van der Waals surface area contributed by atoms with E-state index in [1.54, 1.807) is 30.3 Å². The topological polar surface area (TPSA) is 71.0 Å². The third-order valence-corrected chi connectivity index (χ3v) is 8.12. The zero-order chi connectivity index (χ0) is 29.7. The van der Waals surface area contributed by atoms with Gasteiger partial charge in [0.05, 0.1) is 24.3 Å². The highest BCUT2D eigenvalue weighted by molar-refractivity contribution is 6.32. The minimum atomic E-state index is -3.86. The summed E-state index contributed by atoms with van der Waals surface area (Å²) in [4.78, 5) is 15.1. The maximum absolute atomic E-state index is 15.4. The molecule has 1 amide bonds. The van der Waals surface area contributed by atoms with Crippen molar-refractivity contribution < 1.29 is 32.5 Å². The molecule has 0 unspecified atom stereocenters. The van der Waals surface area contributed by atoms with Gasteiger partial charge in [0.2, 0.25) is 0 Å². The Labute approximate surface area is 248 Å². The van der Waals surface area contributed by atoms with Gasteiger partial charge in [0.1, 0.15) is 23.8 Å². The van der Waals surface area contributed by atoms with E-state index in [2.05, 4.69) is 5.32 Å². The van der Waals surface area contributed by atoms with Gasteiger partial charge in [0, 0.05) is 24.9 Å². The molecule has 10 heteroatoms. The first-order chi connectivity index (χ1) is 20.2. The summed E-state index contributed by atoms with van der Waals surface area (Å²) in [5.74, 6) is -5.30. The predicted molar refractivity (Wildman–Crippen MR) is 154 cm³/mol. The van der Waals surface area contributed by atoms with Gasteiger partial charge in [-0.1, -0.05) is 54.1 Å². The van der Waals surface area contributed by atoms with Gasteiger partial charge >= 0.3 is 5.92 Å². The number of nitrogens with one attached hydrogen (secondary N) is 1. The number of benzene rings is 3. The first-order valence-electron chi connectivity index (χ1n) is 14.2. The van der Waals surface area contributed by atoms with E-state index < -0.39 is 35.4 Å². The molecule has 2 fully saturated rings. The number of amides is 1. The summed E-state index contributed by atoms with van der Waals surface area (Å²) in [7, 11) is 0. The van der Waals surface area contributed by atoms with Crippen LogP contribution in [0.2, 0.25) is 5.02 Å². The van der Waals surface area contributed by atoms with Gasteiger partial charge in [0.25, 0.3) is 5.91 Å². The maximum Gasteiger partial charge on any atom is 0.349 e. The predicted octanol–water partition coefficient (Wildman–Crippen LogP) is 6.11. The Morgan fingerprint density at radius 2 is 1.64 bits per heavy atom. The number of halogens is 4. The van der Waals surface area contributed by atoms with Crippen molar-refractivity contribution in [1.82, 2.24) is 10.2 Å². The molecule has 5 rings (SSSR count). The molecule has 6 nitrogen and oxygen atoms in total. The van der Waals surface area contributed by atoms with Crippen LogP contribution in [0, 0.1) is 5.82 Å². The summed E-state index contributed by atoms with van der Waals surface area (Å²) < 4.78 is 55.4. The lowest BCUT2D eigenvalue weighted by molar-refractivity contribution is -0.149. The number of aliphatic hydroxyl groups excluding tert-OH is 1. The highest BCUT2D eigenvalue weighted by atomic mass is 35.5. The van der Waals surface area contributed by atoms with Crippen LogP contribution < -0.4 is 10.1 Å². The minimum Gasteiger partial charge on any atom is -0.489 e. The Bertz CT molecular complexity index is 1340. The second-order valence-corrected chi connectivity index (χ2v) is 11.2. The second kappa shape index (κ2) is 13.5. The van der Waals surface area contributed by atoms with Crippen LogP contribution >= 0.6 is 11.6 Å². The zero-order valence-electron chi connectivity index (χ0n) is 23.1. The van der Waals surface area contributed by atoms with Crippen molar-refractivity contribution in [3.05, 3.63) is 88.7 Å². The van der Waals surface area contributed by atoms with Gasteiger partial charge in [0.15, 0.2) is 0 Å². The number of hydrogen-bond acceptors (Lipinski definition) is 5. The van der Waals surface area contributed by atoms with E-state index in [9.17, 15) is 14.3 Å². The molecule has 0 radical (unpaired) electrons. The number of likely N-dealkylation sites (tertiary alicyclic amines) is 1. The number of ether oxygens (including phenoxy) is 2. The first-order valence-corrected chi connectivity index (χ1v) is 14.6. The van der Waals surface area contributed by atoms with Crippen LogP contribution in [0.3, 0.4) is 0 Å². The van der Waals surface area contributed by atoms with Crippen molar-refractivity contribution >= 4 is 17.5 Å². The molecule has 2 aliphatic rings. The third kappa shape index (κ3) is 7.26. The van der Waals surface area contributed by atoms with E-state index in [4.69, 9.17) is 21.1 Å². The molecule has 0 aliphatic carbocycles. The molecule has 3 aromatic carbocycles. The van der Waals surface area contributed by atoms with E-state index in [0.717, 1.165) is 38.8 Å². The van der Waals surface area contributed by atoms with Crippen molar-refractivity contribution in [1.29, 1.82) is 0 Å². The Hall–Kier alpha value is -3.11. The summed E-state index contributed by atoms with van der Waals surface area (Å²) in [6.45, 7) is 2.92. The Kier molecular flexibility index (Phi) is 9.73. The fraction of sp³-hybridized carbons (Fsp3) is 0.406. The lowest BCUT2D eigenvalue weighted by Gasteiger charge is -2.30. The number of alkyl halides is 2. The standard InChI is InChI=1S/C32H34ClF3N2O4/c33-27-19-23(7-12-29(27)42-26-13-17-41-18-14-26)30(39)28(20-38-15-1-2-16-38)37-31(40)32(35,36)24-8-3-21(4-9-24)22-5-10-25(34)11-6-22/h3-12,19,26,28,30,39H,1-2,13-18,20H2,(H,37,40)/t28-,30+/m1/s1. The molecule has 2 heterocycles. The number of hydrogen-bond donors (Lipinski definition) is 2. The summed E-state index contributed by atoms with van der Waals surface area (Å²) >= 11 is 6.49. The SMILES string of the molecule is O=C(N[C@H](CN1CCCC1)[C@@H](O)c1ccc(OC2CCOCC2)c(Cl)c1)C(F)(F)c1ccc(-c2ccc(F)cc2)cc1. The molecular formula is C32H34ClF3N2O4. The van der Waals surface area contributed by atoms with E-state index in [1.807, 2.05) is 4.90 Å². The van der Waals surface area contributed by atoms with E-state index in [0.29, 0.717) is 35.7 Å². The first kappa shape index (κ1) is 30.4. The van der Waals surface area contributed by atoms with Gasteiger partial charge in [-0.15, -0.1) is 0 Å². The average molecular weight is 603 g/mol. The molecule has 0 aromatic heterocycles. The molecule has 0 bridgehead atoms. The van der Waals surface area contributed by atoms with Crippen LogP contribution in [-0.4, -0.2) is 60.9 Å². The van der Waals surface area contributed by atoms with Crippen molar-refractivity contribution in [3.63, 3.8) is 0 Å². The number of carbonyl (C=O) groups is 1. The average Bonchev–Trinajstić information content (AvgIpc) is 3.52. The normalized spacial score (nSPS) is 18.0. The van der Waals surface area contributed by atoms with Gasteiger partial charge < -0.3 is 24.8 Å². The van der Waals surface area contributed by atoms with E-state index in [-0.39, 0.29) is 17.7 Å². The lowest BCUT2D eigenvalue weighted by atomic mass is 9.99. The third-order valence-electron chi connectivity index (χ3n) is 7.82. The number of aliphatic hydroxyl groups is 1. The zero-order valence-corrected chi connectivity index (χ0v) is 23.8. The summed E-state index contributed by atoms with van der Waals surface area (Å²) in [6, 6.07) is 14.8. The van der Waals surface area contributed by atoms with Crippen molar-refractivity contribution in [2.45, 2.75) is 49.9 Å². The van der Waals surface area contributed by atoms with Gasteiger partial charge in [-0.25, -0.2) is 4.39 Å². The molecule has 2 atom stereocenters.